The van der Waals surface area contributed by atoms with E-state index in [9.17, 15) is 22.4 Å². The summed E-state index contributed by atoms with van der Waals surface area (Å²) in [5.74, 6) is -2.27. The summed E-state index contributed by atoms with van der Waals surface area (Å²) < 4.78 is 56.7. The molecular formula is C18H16F4N4O3. The maximum atomic E-state index is 14.3. The second kappa shape index (κ2) is 8.05. The number of alkyl halides is 3. The van der Waals surface area contributed by atoms with Crippen LogP contribution in [-0.4, -0.2) is 33.6 Å². The summed E-state index contributed by atoms with van der Waals surface area (Å²) in [6, 6.07) is 5.20. The van der Waals surface area contributed by atoms with Crippen molar-refractivity contribution >= 4 is 22.9 Å². The Bertz CT molecular complexity index is 1050. The van der Waals surface area contributed by atoms with E-state index in [-0.39, 0.29) is 23.6 Å². The lowest BCUT2D eigenvalue weighted by atomic mass is 10.1. The number of rotatable bonds is 6. The highest BCUT2D eigenvalue weighted by Crippen LogP contribution is 2.41. The number of aryl methyl sites for hydroxylation is 1. The van der Waals surface area contributed by atoms with Crippen LogP contribution in [0.4, 0.5) is 29.1 Å². The number of hydroxylamine groups is 1. The van der Waals surface area contributed by atoms with Crippen molar-refractivity contribution in [3.8, 4) is 0 Å². The van der Waals surface area contributed by atoms with Crippen molar-refractivity contribution in [2.24, 2.45) is 0 Å². The summed E-state index contributed by atoms with van der Waals surface area (Å²) in [4.78, 5) is 21.0. The van der Waals surface area contributed by atoms with Crippen molar-refractivity contribution in [1.29, 1.82) is 0 Å². The molecule has 0 bridgehead atoms. The monoisotopic (exact) mass is 412 g/mol. The molecule has 3 N–H and O–H groups in total. The highest BCUT2D eigenvalue weighted by molar-refractivity contribution is 6.04. The Morgan fingerprint density at radius 3 is 2.72 bits per heavy atom. The summed E-state index contributed by atoms with van der Waals surface area (Å²) in [6.07, 6.45) is -2.68. The number of aliphatic hydroxyl groups is 1. The molecular weight excluding hydrogens is 396 g/mol. The third kappa shape index (κ3) is 4.15. The largest absolute Gasteiger partial charge is 0.419 e. The van der Waals surface area contributed by atoms with E-state index in [0.717, 1.165) is 23.0 Å². The zero-order valence-electron chi connectivity index (χ0n) is 15.0. The summed E-state index contributed by atoms with van der Waals surface area (Å²) in [5.41, 5.74) is -0.0485. The minimum absolute atomic E-state index is 0.127. The lowest BCUT2D eigenvalue weighted by Crippen LogP contribution is -2.27. The van der Waals surface area contributed by atoms with Gasteiger partial charge in [-0.1, -0.05) is 6.07 Å². The van der Waals surface area contributed by atoms with Gasteiger partial charge in [0, 0.05) is 6.20 Å². The Kier molecular flexibility index (Phi) is 5.71. The fourth-order valence-electron chi connectivity index (χ4n) is 2.80. The van der Waals surface area contributed by atoms with Crippen LogP contribution in [0.5, 0.6) is 0 Å². The number of fused-ring (bicyclic) bond motifs is 1. The van der Waals surface area contributed by atoms with Gasteiger partial charge in [-0.25, -0.2) is 14.9 Å². The van der Waals surface area contributed by atoms with Gasteiger partial charge in [0.15, 0.2) is 0 Å². The molecule has 0 spiro atoms. The van der Waals surface area contributed by atoms with Gasteiger partial charge in [0.1, 0.15) is 18.0 Å². The first-order chi connectivity index (χ1) is 13.7. The highest BCUT2D eigenvalue weighted by Gasteiger charge is 2.41. The van der Waals surface area contributed by atoms with Crippen LogP contribution in [0.1, 0.15) is 21.5 Å². The maximum Gasteiger partial charge on any atom is 0.419 e. The van der Waals surface area contributed by atoms with Crippen molar-refractivity contribution in [3.05, 3.63) is 59.3 Å². The zero-order chi connectivity index (χ0) is 21.2. The van der Waals surface area contributed by atoms with Crippen LogP contribution < -0.4 is 10.8 Å². The molecule has 7 nitrogen and oxygen atoms in total. The van der Waals surface area contributed by atoms with Crippen LogP contribution in [0, 0.1) is 12.7 Å². The molecule has 154 valence electrons. The van der Waals surface area contributed by atoms with Gasteiger partial charge in [-0.15, -0.1) is 0 Å². The number of nitrogens with one attached hydrogen (secondary N) is 2. The van der Waals surface area contributed by atoms with Crippen molar-refractivity contribution in [2.45, 2.75) is 13.1 Å². The molecule has 0 radical (unpaired) electrons. The summed E-state index contributed by atoms with van der Waals surface area (Å²) in [6.45, 7) is 0.883. The van der Waals surface area contributed by atoms with Crippen LogP contribution in [0.3, 0.4) is 0 Å². The maximum absolute atomic E-state index is 14.3. The number of halogens is 4. The van der Waals surface area contributed by atoms with Crippen molar-refractivity contribution in [3.63, 3.8) is 0 Å². The van der Waals surface area contributed by atoms with Gasteiger partial charge in [-0.05, 0) is 30.7 Å². The number of aliphatic hydroxyl groups excluding tert-OH is 1. The molecule has 0 aliphatic carbocycles. The first-order valence-electron chi connectivity index (χ1n) is 8.35. The molecule has 0 aliphatic heterocycles. The fraction of sp³-hybridized carbons (Fsp3) is 0.222. The normalized spacial score (nSPS) is 11.7. The number of carbonyl (C=O) groups excluding carboxylic acids is 1. The lowest BCUT2D eigenvalue weighted by Gasteiger charge is -2.13. The van der Waals surface area contributed by atoms with Gasteiger partial charge in [0.2, 0.25) is 0 Å². The highest BCUT2D eigenvalue weighted by atomic mass is 19.4. The van der Waals surface area contributed by atoms with E-state index in [4.69, 9.17) is 5.11 Å². The number of carbonyl (C=O) groups is 1. The summed E-state index contributed by atoms with van der Waals surface area (Å²) in [5, 5.41) is 11.3. The van der Waals surface area contributed by atoms with E-state index in [1.807, 2.05) is 5.48 Å². The Morgan fingerprint density at radius 2 is 2.07 bits per heavy atom. The van der Waals surface area contributed by atoms with Crippen LogP contribution in [0.2, 0.25) is 0 Å². The Hall–Kier alpha value is -3.18. The average Bonchev–Trinajstić information content (AvgIpc) is 2.99. The molecule has 0 saturated heterocycles. The average molecular weight is 412 g/mol. The minimum atomic E-state index is -4.90. The molecule has 2 heterocycles. The Morgan fingerprint density at radius 1 is 1.31 bits per heavy atom. The number of anilines is 2. The standard InChI is InChI=1S/C18H16F4N4O3/c1-10-2-3-12(11(19)8-10)24-16-14(17(28)25-29-7-6-27)15(18(20,21)22)13-4-5-23-9-26(13)16/h2-5,8-9,24,27H,6-7H2,1H3,(H,25,28). The molecule has 0 atom stereocenters. The molecule has 3 rings (SSSR count). The predicted molar refractivity (Wildman–Crippen MR) is 95.1 cm³/mol. The van der Waals surface area contributed by atoms with E-state index >= 15 is 0 Å². The van der Waals surface area contributed by atoms with E-state index < -0.39 is 35.6 Å². The van der Waals surface area contributed by atoms with Crippen LogP contribution in [0.25, 0.3) is 5.52 Å². The second-order valence-corrected chi connectivity index (χ2v) is 6.04. The molecule has 0 fully saturated rings. The van der Waals surface area contributed by atoms with Gasteiger partial charge < -0.3 is 10.4 Å². The number of nitrogens with zero attached hydrogens (tertiary/aromatic N) is 2. The number of hydrogen-bond donors (Lipinski definition) is 3. The third-order valence-corrected chi connectivity index (χ3v) is 3.99. The lowest BCUT2D eigenvalue weighted by molar-refractivity contribution is -0.136. The molecule has 0 aliphatic rings. The topological polar surface area (TPSA) is 87.9 Å². The van der Waals surface area contributed by atoms with Crippen molar-refractivity contribution in [2.75, 3.05) is 18.5 Å². The fourth-order valence-corrected chi connectivity index (χ4v) is 2.80. The molecule has 1 aromatic carbocycles. The first kappa shape index (κ1) is 20.6. The van der Waals surface area contributed by atoms with Crippen LogP contribution in [0.15, 0.2) is 36.8 Å². The number of benzene rings is 1. The zero-order valence-corrected chi connectivity index (χ0v) is 15.0. The molecule has 0 saturated carbocycles. The smallest absolute Gasteiger partial charge is 0.394 e. The molecule has 2 aromatic heterocycles. The van der Waals surface area contributed by atoms with E-state index in [1.165, 1.54) is 12.1 Å². The van der Waals surface area contributed by atoms with Gasteiger partial charge in [-0.2, -0.15) is 13.2 Å². The predicted octanol–water partition coefficient (Wildman–Crippen LogP) is 3.20. The minimum Gasteiger partial charge on any atom is -0.394 e. The number of hydrogen-bond acceptors (Lipinski definition) is 5. The van der Waals surface area contributed by atoms with Gasteiger partial charge in [-0.3, -0.25) is 14.0 Å². The molecule has 0 unspecified atom stereocenters. The van der Waals surface area contributed by atoms with E-state index in [1.54, 1.807) is 13.0 Å². The Balaban J connectivity index is 2.21. The molecule has 3 aromatic rings. The van der Waals surface area contributed by atoms with E-state index in [2.05, 4.69) is 15.1 Å². The first-order valence-corrected chi connectivity index (χ1v) is 8.35. The quantitative estimate of drug-likeness (QED) is 0.329. The van der Waals surface area contributed by atoms with Crippen molar-refractivity contribution in [1.82, 2.24) is 14.9 Å². The summed E-state index contributed by atoms with van der Waals surface area (Å²) in [7, 11) is 0. The number of aromatic nitrogens is 2. The van der Waals surface area contributed by atoms with Gasteiger partial charge >= 0.3 is 6.18 Å². The molecule has 11 heteroatoms. The van der Waals surface area contributed by atoms with Crippen molar-refractivity contribution < 1.29 is 32.3 Å². The number of amides is 1. The third-order valence-electron chi connectivity index (χ3n) is 3.99. The second-order valence-electron chi connectivity index (χ2n) is 6.04. The van der Waals surface area contributed by atoms with Crippen LogP contribution in [-0.2, 0) is 11.0 Å². The van der Waals surface area contributed by atoms with E-state index in [0.29, 0.717) is 5.56 Å². The SMILES string of the molecule is Cc1ccc(Nc2c(C(=O)NOCCO)c(C(F)(F)F)c3ccncn23)c(F)c1. The summed E-state index contributed by atoms with van der Waals surface area (Å²) >= 11 is 0. The van der Waals surface area contributed by atoms with Gasteiger partial charge in [0.05, 0.1) is 35.5 Å². The van der Waals surface area contributed by atoms with Gasteiger partial charge in [0.25, 0.3) is 5.91 Å². The molecule has 29 heavy (non-hydrogen) atoms. The molecule has 1 amide bonds. The Labute approximate surface area is 161 Å². The van der Waals surface area contributed by atoms with Crippen LogP contribution >= 0.6 is 0 Å².